The molecule has 0 spiro atoms. The molecule has 0 aliphatic rings. The fourth-order valence-electron chi connectivity index (χ4n) is 2.11. The summed E-state index contributed by atoms with van der Waals surface area (Å²) in [5.74, 6) is 0. The fraction of sp³-hybridized carbons (Fsp3) is 0.643. The first-order valence-corrected chi connectivity index (χ1v) is 6.20. The van der Waals surface area contributed by atoms with Gasteiger partial charge >= 0.3 is 0 Å². The molecule has 0 amide bonds. The minimum atomic E-state index is 0.189. The highest BCUT2D eigenvalue weighted by Gasteiger charge is 2.23. The highest BCUT2D eigenvalue weighted by Crippen LogP contribution is 2.27. The zero-order valence-corrected chi connectivity index (χ0v) is 11.0. The second-order valence-corrected chi connectivity index (χ2v) is 5.18. The van der Waals surface area contributed by atoms with E-state index in [2.05, 4.69) is 44.1 Å². The molecular formula is C14H24N2. The molecule has 1 unspecified atom stereocenters. The smallest absolute Gasteiger partial charge is 0.0305 e. The van der Waals surface area contributed by atoms with Crippen LogP contribution in [0.1, 0.15) is 46.1 Å². The van der Waals surface area contributed by atoms with E-state index in [0.29, 0.717) is 6.04 Å². The average Bonchev–Trinajstić information content (AvgIpc) is 2.27. The molecule has 1 N–H and O–H groups in total. The van der Waals surface area contributed by atoms with Crippen LogP contribution in [0.3, 0.4) is 0 Å². The molecule has 0 aliphatic carbocycles. The van der Waals surface area contributed by atoms with Gasteiger partial charge in [0, 0.05) is 18.4 Å². The molecule has 16 heavy (non-hydrogen) atoms. The summed E-state index contributed by atoms with van der Waals surface area (Å²) in [5, 5.41) is 3.54. The predicted octanol–water partition coefficient (Wildman–Crippen LogP) is 3.14. The zero-order valence-electron chi connectivity index (χ0n) is 11.0. The molecule has 1 aromatic heterocycles. The maximum Gasteiger partial charge on any atom is 0.0305 e. The lowest BCUT2D eigenvalue weighted by Crippen LogP contribution is -2.33. The van der Waals surface area contributed by atoms with Crippen molar-refractivity contribution >= 4 is 0 Å². The van der Waals surface area contributed by atoms with Gasteiger partial charge in [-0.25, -0.2) is 0 Å². The van der Waals surface area contributed by atoms with Crippen molar-refractivity contribution in [3.63, 3.8) is 0 Å². The first-order valence-electron chi connectivity index (χ1n) is 6.20. The van der Waals surface area contributed by atoms with Crippen LogP contribution in [0.15, 0.2) is 24.5 Å². The van der Waals surface area contributed by atoms with E-state index in [0.717, 1.165) is 13.0 Å². The third-order valence-corrected chi connectivity index (χ3v) is 3.00. The number of aromatic nitrogens is 1. The Kier molecular flexibility index (Phi) is 4.94. The van der Waals surface area contributed by atoms with Crippen LogP contribution in [0, 0.1) is 0 Å². The second-order valence-electron chi connectivity index (χ2n) is 5.18. The molecule has 90 valence electrons. The lowest BCUT2D eigenvalue weighted by molar-refractivity contribution is 0.389. The van der Waals surface area contributed by atoms with E-state index in [9.17, 15) is 0 Å². The van der Waals surface area contributed by atoms with Gasteiger partial charge in [0.2, 0.25) is 0 Å². The summed E-state index contributed by atoms with van der Waals surface area (Å²) >= 11 is 0. The summed E-state index contributed by atoms with van der Waals surface area (Å²) in [6.45, 7) is 10.1. The van der Waals surface area contributed by atoms with Crippen LogP contribution in [0.25, 0.3) is 0 Å². The van der Waals surface area contributed by atoms with Crippen molar-refractivity contribution in [1.82, 2.24) is 10.3 Å². The number of rotatable bonds is 6. The van der Waals surface area contributed by atoms with Crippen molar-refractivity contribution < 1.29 is 0 Å². The lowest BCUT2D eigenvalue weighted by Gasteiger charge is -2.28. The largest absolute Gasteiger partial charge is 0.314 e. The van der Waals surface area contributed by atoms with Gasteiger partial charge in [-0.2, -0.15) is 0 Å². The van der Waals surface area contributed by atoms with Gasteiger partial charge in [-0.1, -0.05) is 26.8 Å². The third kappa shape index (κ3) is 3.93. The molecule has 2 heteroatoms. The maximum atomic E-state index is 4.20. The van der Waals surface area contributed by atoms with Crippen molar-refractivity contribution in [2.75, 3.05) is 6.54 Å². The standard InChI is InChI=1S/C14H24N2/c1-5-8-16-12(2)10-14(3,4)13-7-6-9-15-11-13/h6-7,9,11-12,16H,5,8,10H2,1-4H3. The molecule has 0 fully saturated rings. The Hall–Kier alpha value is -0.890. The van der Waals surface area contributed by atoms with Gasteiger partial charge in [0.05, 0.1) is 0 Å². The summed E-state index contributed by atoms with van der Waals surface area (Å²) in [7, 11) is 0. The molecule has 2 nitrogen and oxygen atoms in total. The molecule has 1 atom stereocenters. The van der Waals surface area contributed by atoms with E-state index in [1.54, 1.807) is 0 Å². The van der Waals surface area contributed by atoms with E-state index < -0.39 is 0 Å². The monoisotopic (exact) mass is 220 g/mol. The molecule has 0 aliphatic heterocycles. The predicted molar refractivity (Wildman–Crippen MR) is 69.6 cm³/mol. The van der Waals surface area contributed by atoms with Gasteiger partial charge in [0.15, 0.2) is 0 Å². The summed E-state index contributed by atoms with van der Waals surface area (Å²) in [5.41, 5.74) is 1.51. The number of hydrogen-bond donors (Lipinski definition) is 1. The minimum Gasteiger partial charge on any atom is -0.314 e. The molecule has 0 radical (unpaired) electrons. The molecule has 0 aromatic carbocycles. The van der Waals surface area contributed by atoms with Crippen LogP contribution >= 0.6 is 0 Å². The highest BCUT2D eigenvalue weighted by molar-refractivity contribution is 5.19. The Labute approximate surface area is 99.5 Å². The Morgan fingerprint density at radius 3 is 2.75 bits per heavy atom. The first kappa shape index (κ1) is 13.2. The normalized spacial score (nSPS) is 13.8. The Morgan fingerprint density at radius 1 is 1.44 bits per heavy atom. The molecule has 1 rings (SSSR count). The Bertz CT molecular complexity index is 293. The van der Waals surface area contributed by atoms with Crippen LogP contribution in [-0.2, 0) is 5.41 Å². The first-order chi connectivity index (χ1) is 7.56. The van der Waals surface area contributed by atoms with E-state index in [4.69, 9.17) is 0 Å². The number of pyridine rings is 1. The van der Waals surface area contributed by atoms with Gasteiger partial charge in [0.1, 0.15) is 0 Å². The molecule has 1 heterocycles. The van der Waals surface area contributed by atoms with Crippen molar-refractivity contribution in [2.24, 2.45) is 0 Å². The highest BCUT2D eigenvalue weighted by atomic mass is 14.9. The van der Waals surface area contributed by atoms with Crippen molar-refractivity contribution in [1.29, 1.82) is 0 Å². The maximum absolute atomic E-state index is 4.20. The van der Waals surface area contributed by atoms with Crippen LogP contribution in [-0.4, -0.2) is 17.6 Å². The summed E-state index contributed by atoms with van der Waals surface area (Å²) < 4.78 is 0. The zero-order chi connectivity index (χ0) is 12.0. The van der Waals surface area contributed by atoms with E-state index in [-0.39, 0.29) is 5.41 Å². The van der Waals surface area contributed by atoms with Crippen LogP contribution in [0.5, 0.6) is 0 Å². The SMILES string of the molecule is CCCNC(C)CC(C)(C)c1cccnc1. The topological polar surface area (TPSA) is 24.9 Å². The van der Waals surface area contributed by atoms with Crippen LogP contribution in [0.2, 0.25) is 0 Å². The Balaban J connectivity index is 2.58. The average molecular weight is 220 g/mol. The number of hydrogen-bond acceptors (Lipinski definition) is 2. The van der Waals surface area contributed by atoms with Crippen LogP contribution < -0.4 is 5.32 Å². The van der Waals surface area contributed by atoms with Crippen molar-refractivity contribution in [3.05, 3.63) is 30.1 Å². The molecule has 0 saturated heterocycles. The quantitative estimate of drug-likeness (QED) is 0.796. The molecule has 0 saturated carbocycles. The molecule has 0 bridgehead atoms. The third-order valence-electron chi connectivity index (χ3n) is 3.00. The lowest BCUT2D eigenvalue weighted by atomic mass is 9.80. The molecular weight excluding hydrogens is 196 g/mol. The summed E-state index contributed by atoms with van der Waals surface area (Å²) in [6, 6.07) is 4.73. The van der Waals surface area contributed by atoms with Crippen molar-refractivity contribution in [3.8, 4) is 0 Å². The fourth-order valence-corrected chi connectivity index (χ4v) is 2.11. The van der Waals surface area contributed by atoms with Crippen molar-refractivity contribution in [2.45, 2.75) is 52.0 Å². The van der Waals surface area contributed by atoms with Gasteiger partial charge in [-0.3, -0.25) is 4.98 Å². The van der Waals surface area contributed by atoms with Gasteiger partial charge in [-0.15, -0.1) is 0 Å². The second kappa shape index (κ2) is 6.00. The Morgan fingerprint density at radius 2 is 2.19 bits per heavy atom. The van der Waals surface area contributed by atoms with E-state index in [1.165, 1.54) is 12.0 Å². The number of nitrogens with zero attached hydrogens (tertiary/aromatic N) is 1. The number of nitrogens with one attached hydrogen (secondary N) is 1. The summed E-state index contributed by atoms with van der Waals surface area (Å²) in [6.07, 6.45) is 6.14. The van der Waals surface area contributed by atoms with Gasteiger partial charge in [0.25, 0.3) is 0 Å². The van der Waals surface area contributed by atoms with Gasteiger partial charge < -0.3 is 5.32 Å². The van der Waals surface area contributed by atoms with Gasteiger partial charge in [-0.05, 0) is 43.4 Å². The van der Waals surface area contributed by atoms with E-state index >= 15 is 0 Å². The molecule has 1 aromatic rings. The van der Waals surface area contributed by atoms with E-state index in [1.807, 2.05) is 18.5 Å². The minimum absolute atomic E-state index is 0.189. The van der Waals surface area contributed by atoms with Crippen LogP contribution in [0.4, 0.5) is 0 Å². The summed E-state index contributed by atoms with van der Waals surface area (Å²) in [4.78, 5) is 4.20.